The first-order valence-corrected chi connectivity index (χ1v) is 6.76. The molecule has 0 amide bonds. The van der Waals surface area contributed by atoms with Crippen LogP contribution in [0.3, 0.4) is 0 Å². The van der Waals surface area contributed by atoms with Crippen molar-refractivity contribution in [3.8, 4) is 17.2 Å². The molecule has 0 atom stereocenters. The number of hydrogen-bond donors (Lipinski definition) is 0. The maximum atomic E-state index is 5.46. The molecule has 0 heterocycles. The zero-order valence-corrected chi connectivity index (χ0v) is 12.8. The van der Waals surface area contributed by atoms with Crippen LogP contribution in [0.4, 0.5) is 0 Å². The maximum Gasteiger partial charge on any atom is 0.126 e. The summed E-state index contributed by atoms with van der Waals surface area (Å²) in [5.41, 5.74) is 3.14. The normalized spacial score (nSPS) is 11.1. The van der Waals surface area contributed by atoms with Crippen molar-refractivity contribution in [2.45, 2.75) is 6.92 Å². The summed E-state index contributed by atoms with van der Waals surface area (Å²) in [4.78, 5) is 0. The van der Waals surface area contributed by atoms with Crippen LogP contribution in [-0.4, -0.2) is 21.3 Å². The van der Waals surface area contributed by atoms with Crippen molar-refractivity contribution in [2.75, 3.05) is 21.3 Å². The van der Waals surface area contributed by atoms with Gasteiger partial charge in [0, 0.05) is 11.6 Å². The summed E-state index contributed by atoms with van der Waals surface area (Å²) in [6, 6.07) is 13.8. The summed E-state index contributed by atoms with van der Waals surface area (Å²) >= 11 is 0. The van der Waals surface area contributed by atoms with Crippen molar-refractivity contribution in [1.29, 1.82) is 0 Å². The van der Waals surface area contributed by atoms with E-state index >= 15 is 0 Å². The predicted octanol–water partition coefficient (Wildman–Crippen LogP) is 4.16. The standard InChI is InChI=1S/C18H20O3/c1-5-16(17-8-6-7-9-18(17)21-4)13-10-14(19-2)12-15(11-13)20-3/h5-12H,1-4H3. The second-order valence-corrected chi connectivity index (χ2v) is 4.50. The van der Waals surface area contributed by atoms with E-state index in [1.54, 1.807) is 21.3 Å². The van der Waals surface area contributed by atoms with E-state index in [0.29, 0.717) is 0 Å². The van der Waals surface area contributed by atoms with Crippen LogP contribution >= 0.6 is 0 Å². The lowest BCUT2D eigenvalue weighted by atomic mass is 9.96. The van der Waals surface area contributed by atoms with Crippen LogP contribution < -0.4 is 14.2 Å². The zero-order chi connectivity index (χ0) is 15.2. The average Bonchev–Trinajstić information content (AvgIpc) is 2.55. The fraction of sp³-hybridized carbons (Fsp3) is 0.222. The minimum absolute atomic E-state index is 0.763. The lowest BCUT2D eigenvalue weighted by Gasteiger charge is -2.14. The Kier molecular flexibility index (Phi) is 4.88. The topological polar surface area (TPSA) is 27.7 Å². The summed E-state index contributed by atoms with van der Waals surface area (Å²) in [6.45, 7) is 2.01. The highest BCUT2D eigenvalue weighted by Crippen LogP contribution is 2.34. The molecular formula is C18H20O3. The van der Waals surface area contributed by atoms with Crippen LogP contribution in [0.25, 0.3) is 5.57 Å². The molecular weight excluding hydrogens is 264 g/mol. The molecule has 110 valence electrons. The highest BCUT2D eigenvalue weighted by atomic mass is 16.5. The molecule has 21 heavy (non-hydrogen) atoms. The molecule has 0 bridgehead atoms. The van der Waals surface area contributed by atoms with E-state index in [-0.39, 0.29) is 0 Å². The molecule has 0 unspecified atom stereocenters. The molecule has 0 aromatic heterocycles. The molecule has 0 saturated heterocycles. The van der Waals surface area contributed by atoms with Gasteiger partial charge in [-0.3, -0.25) is 0 Å². The Morgan fingerprint density at radius 2 is 1.48 bits per heavy atom. The van der Waals surface area contributed by atoms with E-state index < -0.39 is 0 Å². The number of para-hydroxylation sites is 1. The fourth-order valence-corrected chi connectivity index (χ4v) is 2.31. The van der Waals surface area contributed by atoms with E-state index in [1.807, 2.05) is 49.4 Å². The second kappa shape index (κ2) is 6.84. The molecule has 0 N–H and O–H groups in total. The van der Waals surface area contributed by atoms with Crippen molar-refractivity contribution in [3.05, 3.63) is 59.7 Å². The van der Waals surface area contributed by atoms with Crippen molar-refractivity contribution in [2.24, 2.45) is 0 Å². The minimum Gasteiger partial charge on any atom is -0.497 e. The van der Waals surface area contributed by atoms with Crippen LogP contribution in [-0.2, 0) is 0 Å². The van der Waals surface area contributed by atoms with Gasteiger partial charge < -0.3 is 14.2 Å². The SMILES string of the molecule is CC=C(c1cc(OC)cc(OC)c1)c1ccccc1OC. The third-order valence-electron chi connectivity index (χ3n) is 3.35. The van der Waals surface area contributed by atoms with Crippen LogP contribution in [0.15, 0.2) is 48.5 Å². The van der Waals surface area contributed by atoms with Gasteiger partial charge in [-0.15, -0.1) is 0 Å². The number of rotatable bonds is 5. The highest BCUT2D eigenvalue weighted by Gasteiger charge is 2.12. The third kappa shape index (κ3) is 3.19. The molecule has 2 aromatic rings. The van der Waals surface area contributed by atoms with Crippen molar-refractivity contribution < 1.29 is 14.2 Å². The Hall–Kier alpha value is -2.42. The Morgan fingerprint density at radius 1 is 0.857 bits per heavy atom. The summed E-state index contributed by atoms with van der Waals surface area (Å²) in [7, 11) is 4.98. The summed E-state index contributed by atoms with van der Waals surface area (Å²) in [5, 5.41) is 0. The van der Waals surface area contributed by atoms with Gasteiger partial charge in [0.05, 0.1) is 21.3 Å². The van der Waals surface area contributed by atoms with Gasteiger partial charge >= 0.3 is 0 Å². The maximum absolute atomic E-state index is 5.46. The van der Waals surface area contributed by atoms with Gasteiger partial charge in [-0.2, -0.15) is 0 Å². The van der Waals surface area contributed by atoms with Crippen molar-refractivity contribution in [1.82, 2.24) is 0 Å². The monoisotopic (exact) mass is 284 g/mol. The number of methoxy groups -OCH3 is 3. The van der Waals surface area contributed by atoms with Crippen LogP contribution in [0.5, 0.6) is 17.2 Å². The van der Waals surface area contributed by atoms with Gasteiger partial charge in [-0.25, -0.2) is 0 Å². The smallest absolute Gasteiger partial charge is 0.126 e. The first-order chi connectivity index (χ1) is 10.2. The van der Waals surface area contributed by atoms with Crippen molar-refractivity contribution in [3.63, 3.8) is 0 Å². The Labute approximate surface area is 125 Å². The third-order valence-corrected chi connectivity index (χ3v) is 3.35. The summed E-state index contributed by atoms with van der Waals surface area (Å²) in [6.07, 6.45) is 2.06. The first-order valence-electron chi connectivity index (χ1n) is 6.76. The molecule has 0 fully saturated rings. The van der Waals surface area contributed by atoms with Crippen LogP contribution in [0.1, 0.15) is 18.1 Å². The molecule has 3 nitrogen and oxygen atoms in total. The van der Waals surface area contributed by atoms with Gasteiger partial charge in [0.25, 0.3) is 0 Å². The fourth-order valence-electron chi connectivity index (χ4n) is 2.31. The molecule has 0 aliphatic carbocycles. The highest BCUT2D eigenvalue weighted by molar-refractivity contribution is 5.83. The van der Waals surface area contributed by atoms with Gasteiger partial charge in [0.2, 0.25) is 0 Å². The van der Waals surface area contributed by atoms with Gasteiger partial charge in [0.15, 0.2) is 0 Å². The predicted molar refractivity (Wildman–Crippen MR) is 85.3 cm³/mol. The Balaban J connectivity index is 2.56. The molecule has 0 aliphatic heterocycles. The lowest BCUT2D eigenvalue weighted by Crippen LogP contribution is -1.95. The lowest BCUT2D eigenvalue weighted by molar-refractivity contribution is 0.394. The number of hydrogen-bond acceptors (Lipinski definition) is 3. The summed E-state index contributed by atoms with van der Waals surface area (Å²) in [5.74, 6) is 2.37. The molecule has 0 aliphatic rings. The zero-order valence-electron chi connectivity index (χ0n) is 12.8. The van der Waals surface area contributed by atoms with Gasteiger partial charge in [-0.1, -0.05) is 24.3 Å². The van der Waals surface area contributed by atoms with E-state index in [0.717, 1.165) is 33.9 Å². The number of benzene rings is 2. The molecule has 0 saturated carbocycles. The Bertz CT molecular complexity index is 622. The first kappa shape index (κ1) is 15.0. The van der Waals surface area contributed by atoms with E-state index in [4.69, 9.17) is 14.2 Å². The molecule has 2 rings (SSSR count). The van der Waals surface area contributed by atoms with Gasteiger partial charge in [0.1, 0.15) is 17.2 Å². The van der Waals surface area contributed by atoms with Crippen molar-refractivity contribution >= 4 is 5.57 Å². The quantitative estimate of drug-likeness (QED) is 0.825. The number of ether oxygens (including phenoxy) is 3. The molecule has 0 radical (unpaired) electrons. The summed E-state index contributed by atoms with van der Waals surface area (Å²) < 4.78 is 16.2. The van der Waals surface area contributed by atoms with Crippen LogP contribution in [0.2, 0.25) is 0 Å². The van der Waals surface area contributed by atoms with Gasteiger partial charge in [-0.05, 0) is 36.3 Å². The van der Waals surface area contributed by atoms with E-state index in [9.17, 15) is 0 Å². The second-order valence-electron chi connectivity index (χ2n) is 4.50. The molecule has 2 aromatic carbocycles. The van der Waals surface area contributed by atoms with E-state index in [1.165, 1.54) is 0 Å². The number of allylic oxidation sites excluding steroid dienone is 1. The average molecular weight is 284 g/mol. The molecule has 3 heteroatoms. The largest absolute Gasteiger partial charge is 0.497 e. The minimum atomic E-state index is 0.763. The van der Waals surface area contributed by atoms with Crippen LogP contribution in [0, 0.1) is 0 Å². The molecule has 0 spiro atoms. The Morgan fingerprint density at radius 3 is 2.00 bits per heavy atom. The van der Waals surface area contributed by atoms with E-state index in [2.05, 4.69) is 6.08 Å².